The van der Waals surface area contributed by atoms with Gasteiger partial charge in [0, 0.05) is 54.1 Å². The SMILES string of the molecule is O=S(=O)(Cc1nccs1)c1cc2c(cc1F)[C@H](N1CC[C@@H](C(F)(F)F)C[C@H]1c1ccncc1)CCO2. The summed E-state index contributed by atoms with van der Waals surface area (Å²) in [4.78, 5) is 9.44. The molecule has 36 heavy (non-hydrogen) atoms. The first-order valence-electron chi connectivity index (χ1n) is 11.4. The van der Waals surface area contributed by atoms with E-state index in [2.05, 4.69) is 9.97 Å². The molecule has 5 rings (SSSR count). The van der Waals surface area contributed by atoms with Crippen molar-refractivity contribution < 1.29 is 30.7 Å². The van der Waals surface area contributed by atoms with Crippen molar-refractivity contribution in [2.24, 2.45) is 5.92 Å². The minimum Gasteiger partial charge on any atom is -0.493 e. The van der Waals surface area contributed by atoms with Crippen LogP contribution in [-0.2, 0) is 15.6 Å². The third-order valence-electron chi connectivity index (χ3n) is 6.80. The lowest BCUT2D eigenvalue weighted by Gasteiger charge is -2.46. The van der Waals surface area contributed by atoms with Gasteiger partial charge in [0.25, 0.3) is 0 Å². The van der Waals surface area contributed by atoms with E-state index in [1.165, 1.54) is 12.3 Å². The molecule has 0 spiro atoms. The molecule has 4 heterocycles. The number of likely N-dealkylation sites (tertiary alicyclic amines) is 1. The normalized spacial score (nSPS) is 23.2. The molecule has 1 saturated heterocycles. The molecule has 2 aliphatic heterocycles. The van der Waals surface area contributed by atoms with Crippen LogP contribution in [-0.4, -0.2) is 42.6 Å². The van der Waals surface area contributed by atoms with Crippen LogP contribution in [0.25, 0.3) is 0 Å². The molecule has 0 N–H and O–H groups in total. The second-order valence-electron chi connectivity index (χ2n) is 8.96. The Hall–Kier alpha value is -2.57. The zero-order valence-electron chi connectivity index (χ0n) is 19.0. The third-order valence-corrected chi connectivity index (χ3v) is 9.40. The third kappa shape index (κ3) is 4.98. The Labute approximate surface area is 209 Å². The van der Waals surface area contributed by atoms with Gasteiger partial charge in [0.1, 0.15) is 27.2 Å². The van der Waals surface area contributed by atoms with E-state index in [-0.39, 0.29) is 31.7 Å². The molecule has 2 aromatic heterocycles. The molecular formula is C24H23F4N3O3S2. The lowest BCUT2D eigenvalue weighted by molar-refractivity contribution is -0.192. The molecule has 0 aliphatic carbocycles. The zero-order valence-corrected chi connectivity index (χ0v) is 20.6. The summed E-state index contributed by atoms with van der Waals surface area (Å²) in [5, 5.41) is 1.99. The second-order valence-corrected chi connectivity index (χ2v) is 11.9. The zero-order chi connectivity index (χ0) is 25.5. The van der Waals surface area contributed by atoms with E-state index in [1.807, 2.05) is 4.90 Å². The van der Waals surface area contributed by atoms with E-state index in [0.29, 0.717) is 22.6 Å². The van der Waals surface area contributed by atoms with Crippen molar-refractivity contribution in [1.29, 1.82) is 0 Å². The minimum atomic E-state index is -4.31. The highest BCUT2D eigenvalue weighted by molar-refractivity contribution is 7.90. The molecule has 0 saturated carbocycles. The number of nitrogens with zero attached hydrogens (tertiary/aromatic N) is 3. The van der Waals surface area contributed by atoms with E-state index < -0.39 is 50.5 Å². The molecule has 6 nitrogen and oxygen atoms in total. The van der Waals surface area contributed by atoms with E-state index in [1.54, 1.807) is 29.9 Å². The quantitative estimate of drug-likeness (QED) is 0.398. The van der Waals surface area contributed by atoms with Crippen LogP contribution in [0.5, 0.6) is 5.75 Å². The van der Waals surface area contributed by atoms with Crippen LogP contribution in [0.2, 0.25) is 0 Å². The summed E-state index contributed by atoms with van der Waals surface area (Å²) >= 11 is 1.16. The van der Waals surface area contributed by atoms with Crippen LogP contribution in [0.4, 0.5) is 17.6 Å². The average Bonchev–Trinajstić information content (AvgIpc) is 3.35. The summed E-state index contributed by atoms with van der Waals surface area (Å²) in [6.07, 6.45) is 0.509. The van der Waals surface area contributed by atoms with Crippen LogP contribution in [0.15, 0.2) is 53.1 Å². The number of halogens is 4. The van der Waals surface area contributed by atoms with E-state index >= 15 is 4.39 Å². The highest BCUT2D eigenvalue weighted by Gasteiger charge is 2.46. The van der Waals surface area contributed by atoms with Crippen molar-refractivity contribution in [1.82, 2.24) is 14.9 Å². The molecule has 1 aromatic carbocycles. The van der Waals surface area contributed by atoms with Crippen molar-refractivity contribution >= 4 is 21.2 Å². The Morgan fingerprint density at radius 2 is 1.89 bits per heavy atom. The molecule has 0 amide bonds. The highest BCUT2D eigenvalue weighted by atomic mass is 32.2. The van der Waals surface area contributed by atoms with Gasteiger partial charge in [-0.15, -0.1) is 11.3 Å². The first-order valence-corrected chi connectivity index (χ1v) is 14.0. The Morgan fingerprint density at radius 3 is 2.58 bits per heavy atom. The molecule has 0 unspecified atom stereocenters. The van der Waals surface area contributed by atoms with Gasteiger partial charge in [0.15, 0.2) is 9.84 Å². The fraction of sp³-hybridized carbons (Fsp3) is 0.417. The highest BCUT2D eigenvalue weighted by Crippen LogP contribution is 2.48. The first-order chi connectivity index (χ1) is 17.1. The van der Waals surface area contributed by atoms with Gasteiger partial charge in [-0.05, 0) is 43.1 Å². The van der Waals surface area contributed by atoms with Crippen molar-refractivity contribution in [2.45, 2.75) is 48.2 Å². The summed E-state index contributed by atoms with van der Waals surface area (Å²) < 4.78 is 87.7. The van der Waals surface area contributed by atoms with Crippen molar-refractivity contribution in [2.75, 3.05) is 13.2 Å². The number of ether oxygens (including phenoxy) is 1. The summed E-state index contributed by atoms with van der Waals surface area (Å²) in [7, 11) is -4.02. The van der Waals surface area contributed by atoms with Gasteiger partial charge >= 0.3 is 6.18 Å². The lowest BCUT2D eigenvalue weighted by atomic mass is 9.84. The predicted molar refractivity (Wildman–Crippen MR) is 125 cm³/mol. The Bertz CT molecular complexity index is 1320. The molecular weight excluding hydrogens is 518 g/mol. The van der Waals surface area contributed by atoms with Crippen molar-refractivity contribution in [3.8, 4) is 5.75 Å². The Balaban J connectivity index is 1.49. The summed E-state index contributed by atoms with van der Waals surface area (Å²) in [6.45, 7) is 0.393. The number of thiazole rings is 1. The van der Waals surface area contributed by atoms with Gasteiger partial charge in [-0.25, -0.2) is 17.8 Å². The van der Waals surface area contributed by atoms with Gasteiger partial charge < -0.3 is 4.74 Å². The number of pyridine rings is 1. The van der Waals surface area contributed by atoms with Crippen LogP contribution in [0.3, 0.4) is 0 Å². The molecule has 0 radical (unpaired) electrons. The van der Waals surface area contributed by atoms with Crippen LogP contribution in [0.1, 0.15) is 47.5 Å². The average molecular weight is 542 g/mol. The summed E-state index contributed by atoms with van der Waals surface area (Å²) in [5.74, 6) is -2.55. The maximum Gasteiger partial charge on any atom is 0.391 e. The first kappa shape index (κ1) is 25.1. The number of alkyl halides is 3. The fourth-order valence-corrected chi connectivity index (χ4v) is 7.42. The fourth-order valence-electron chi connectivity index (χ4n) is 5.09. The van der Waals surface area contributed by atoms with Gasteiger partial charge in [-0.2, -0.15) is 13.2 Å². The number of fused-ring (bicyclic) bond motifs is 1. The van der Waals surface area contributed by atoms with E-state index in [0.717, 1.165) is 17.4 Å². The topological polar surface area (TPSA) is 72.4 Å². The maximum absolute atomic E-state index is 15.3. The molecule has 2 aliphatic rings. The number of piperidine rings is 1. The van der Waals surface area contributed by atoms with Crippen LogP contribution in [0, 0.1) is 11.7 Å². The lowest BCUT2D eigenvalue weighted by Crippen LogP contribution is -2.44. The number of hydrogen-bond donors (Lipinski definition) is 0. The van der Waals surface area contributed by atoms with Gasteiger partial charge in [0.05, 0.1) is 12.5 Å². The number of hydrogen-bond acceptors (Lipinski definition) is 7. The summed E-state index contributed by atoms with van der Waals surface area (Å²) in [5.41, 5.74) is 1.14. The summed E-state index contributed by atoms with van der Waals surface area (Å²) in [6, 6.07) is 4.78. The van der Waals surface area contributed by atoms with Crippen molar-refractivity contribution in [3.05, 3.63) is 70.2 Å². The Morgan fingerprint density at radius 1 is 1.11 bits per heavy atom. The minimum absolute atomic E-state index is 0.0689. The predicted octanol–water partition coefficient (Wildman–Crippen LogP) is 5.49. The number of sulfone groups is 1. The maximum atomic E-state index is 15.3. The molecule has 1 fully saturated rings. The van der Waals surface area contributed by atoms with Gasteiger partial charge in [0.2, 0.25) is 0 Å². The van der Waals surface area contributed by atoms with Crippen LogP contribution < -0.4 is 4.74 Å². The Kier molecular flexibility index (Phi) is 6.77. The molecule has 3 aromatic rings. The smallest absolute Gasteiger partial charge is 0.391 e. The number of rotatable bonds is 5. The molecule has 12 heteroatoms. The monoisotopic (exact) mass is 541 g/mol. The van der Waals surface area contributed by atoms with E-state index in [4.69, 9.17) is 4.74 Å². The number of benzene rings is 1. The van der Waals surface area contributed by atoms with Crippen LogP contribution >= 0.6 is 11.3 Å². The van der Waals surface area contributed by atoms with Crippen molar-refractivity contribution in [3.63, 3.8) is 0 Å². The molecule has 0 bridgehead atoms. The van der Waals surface area contributed by atoms with Gasteiger partial charge in [-0.1, -0.05) is 0 Å². The largest absolute Gasteiger partial charge is 0.493 e. The standard InChI is InChI=1S/C24H23F4N3O3S2/c25-18-12-17-19(4-9-34-21(17)13-22(18)36(32,33)14-23-30-7-10-35-23)31-8-3-16(24(26,27)28)11-20(31)15-1-5-29-6-2-15/h1-2,5-7,10,12-13,16,19-20H,3-4,8-9,11,14H2/t16-,19-,20+/m1/s1. The molecule has 192 valence electrons. The number of aromatic nitrogens is 2. The molecule has 3 atom stereocenters. The second kappa shape index (κ2) is 9.71. The van der Waals surface area contributed by atoms with Gasteiger partial charge in [-0.3, -0.25) is 9.88 Å². The van der Waals surface area contributed by atoms with E-state index in [9.17, 15) is 21.6 Å².